The molecule has 0 saturated carbocycles. The summed E-state index contributed by atoms with van der Waals surface area (Å²) in [6.45, 7) is -0.855. The van der Waals surface area contributed by atoms with Crippen molar-refractivity contribution in [1.29, 1.82) is 0 Å². The van der Waals surface area contributed by atoms with E-state index in [9.17, 15) is 8.78 Å². The van der Waals surface area contributed by atoms with Gasteiger partial charge in [-0.2, -0.15) is 8.78 Å². The molecule has 1 aromatic heterocycles. The van der Waals surface area contributed by atoms with E-state index in [2.05, 4.69) is 15.0 Å². The molecule has 0 spiro atoms. The molecule has 1 unspecified atom stereocenters. The Hall–Kier alpha value is -1.69. The number of nitrogens with zero attached hydrogens (tertiary/aromatic N) is 1. The van der Waals surface area contributed by atoms with Gasteiger partial charge >= 0.3 is 6.61 Å². The van der Waals surface area contributed by atoms with Gasteiger partial charge in [0.05, 0.1) is 17.2 Å². The SMILES string of the molecule is CC(Nc1cccc(OC(F)F)c1)c1cscn1. The number of rotatable bonds is 5. The van der Waals surface area contributed by atoms with E-state index in [1.165, 1.54) is 23.5 Å². The van der Waals surface area contributed by atoms with E-state index in [-0.39, 0.29) is 11.8 Å². The van der Waals surface area contributed by atoms with Crippen molar-refractivity contribution in [2.75, 3.05) is 5.32 Å². The lowest BCUT2D eigenvalue weighted by molar-refractivity contribution is -0.0498. The summed E-state index contributed by atoms with van der Waals surface area (Å²) in [7, 11) is 0. The first-order chi connectivity index (χ1) is 8.65. The van der Waals surface area contributed by atoms with Gasteiger partial charge in [-0.25, -0.2) is 4.98 Å². The van der Waals surface area contributed by atoms with Crippen LogP contribution in [0.3, 0.4) is 0 Å². The molecule has 0 fully saturated rings. The maximum Gasteiger partial charge on any atom is 0.387 e. The number of benzene rings is 1. The first-order valence-corrected chi connectivity index (χ1v) is 6.29. The average Bonchev–Trinajstić information content (AvgIpc) is 2.81. The number of nitrogens with one attached hydrogen (secondary N) is 1. The molecule has 0 aliphatic carbocycles. The third-order valence-electron chi connectivity index (χ3n) is 2.34. The number of ether oxygens (including phenoxy) is 1. The van der Waals surface area contributed by atoms with Gasteiger partial charge in [0, 0.05) is 17.1 Å². The number of hydrogen-bond donors (Lipinski definition) is 1. The van der Waals surface area contributed by atoms with Crippen LogP contribution in [0.25, 0.3) is 0 Å². The molecule has 1 atom stereocenters. The minimum absolute atomic E-state index is 0.0121. The van der Waals surface area contributed by atoms with Crippen molar-refractivity contribution in [3.8, 4) is 5.75 Å². The highest BCUT2D eigenvalue weighted by atomic mass is 32.1. The van der Waals surface area contributed by atoms with E-state index in [1.54, 1.807) is 17.6 Å². The highest BCUT2D eigenvalue weighted by Crippen LogP contribution is 2.23. The maximum atomic E-state index is 12.1. The monoisotopic (exact) mass is 270 g/mol. The summed E-state index contributed by atoms with van der Waals surface area (Å²) >= 11 is 1.52. The molecule has 0 aliphatic rings. The summed E-state index contributed by atoms with van der Waals surface area (Å²) in [6, 6.07) is 6.49. The zero-order valence-corrected chi connectivity index (χ0v) is 10.5. The molecule has 6 heteroatoms. The fraction of sp³-hybridized carbons (Fsp3) is 0.250. The van der Waals surface area contributed by atoms with Crippen LogP contribution in [0.5, 0.6) is 5.75 Å². The second kappa shape index (κ2) is 5.77. The Balaban J connectivity index is 2.05. The van der Waals surface area contributed by atoms with Gasteiger partial charge in [0.25, 0.3) is 0 Å². The zero-order chi connectivity index (χ0) is 13.0. The Bertz CT molecular complexity index is 491. The predicted octanol–water partition coefficient (Wildman–Crippen LogP) is 3.92. The summed E-state index contributed by atoms with van der Waals surface area (Å²) in [5, 5.41) is 5.12. The van der Waals surface area contributed by atoms with Crippen LogP contribution in [-0.4, -0.2) is 11.6 Å². The Kier molecular flexibility index (Phi) is 4.09. The maximum absolute atomic E-state index is 12.1. The van der Waals surface area contributed by atoms with Crippen molar-refractivity contribution < 1.29 is 13.5 Å². The smallest absolute Gasteiger partial charge is 0.387 e. The molecule has 0 bridgehead atoms. The van der Waals surface area contributed by atoms with Crippen LogP contribution >= 0.6 is 11.3 Å². The van der Waals surface area contributed by atoms with Gasteiger partial charge < -0.3 is 10.1 Å². The lowest BCUT2D eigenvalue weighted by Crippen LogP contribution is -2.07. The second-order valence-corrected chi connectivity index (χ2v) is 4.40. The van der Waals surface area contributed by atoms with E-state index in [0.717, 1.165) is 5.69 Å². The number of anilines is 1. The molecule has 1 heterocycles. The molecule has 18 heavy (non-hydrogen) atoms. The number of aromatic nitrogens is 1. The van der Waals surface area contributed by atoms with Crippen molar-refractivity contribution in [1.82, 2.24) is 4.98 Å². The summed E-state index contributed by atoms with van der Waals surface area (Å²) in [5.74, 6) is 0.139. The molecule has 1 N–H and O–H groups in total. The van der Waals surface area contributed by atoms with Gasteiger partial charge in [-0.05, 0) is 19.1 Å². The van der Waals surface area contributed by atoms with Crippen LogP contribution in [0.2, 0.25) is 0 Å². The van der Waals surface area contributed by atoms with Gasteiger partial charge in [-0.3, -0.25) is 0 Å². The van der Waals surface area contributed by atoms with E-state index in [0.29, 0.717) is 5.69 Å². The summed E-state index contributed by atoms with van der Waals surface area (Å²) in [5.41, 5.74) is 3.39. The minimum Gasteiger partial charge on any atom is -0.435 e. The topological polar surface area (TPSA) is 34.1 Å². The average molecular weight is 270 g/mol. The molecular weight excluding hydrogens is 258 g/mol. The van der Waals surface area contributed by atoms with Gasteiger partial charge in [-0.1, -0.05) is 6.07 Å². The Labute approximate surface area is 107 Å². The first-order valence-electron chi connectivity index (χ1n) is 5.34. The van der Waals surface area contributed by atoms with Crippen LogP contribution < -0.4 is 10.1 Å². The number of halogens is 2. The number of thiazole rings is 1. The highest BCUT2D eigenvalue weighted by Gasteiger charge is 2.09. The van der Waals surface area contributed by atoms with Crippen LogP contribution in [0.4, 0.5) is 14.5 Å². The van der Waals surface area contributed by atoms with E-state index in [1.807, 2.05) is 12.3 Å². The van der Waals surface area contributed by atoms with Gasteiger partial charge in [0.15, 0.2) is 0 Å². The molecule has 2 rings (SSSR count). The molecule has 1 aromatic carbocycles. The lowest BCUT2D eigenvalue weighted by atomic mass is 10.2. The van der Waals surface area contributed by atoms with Gasteiger partial charge in [0.2, 0.25) is 0 Å². The first kappa shape index (κ1) is 12.8. The predicted molar refractivity (Wildman–Crippen MR) is 67.2 cm³/mol. The molecule has 0 saturated heterocycles. The summed E-state index contributed by atoms with van der Waals surface area (Å²) in [6.07, 6.45) is 0. The van der Waals surface area contributed by atoms with E-state index in [4.69, 9.17) is 0 Å². The second-order valence-electron chi connectivity index (χ2n) is 3.69. The zero-order valence-electron chi connectivity index (χ0n) is 9.64. The van der Waals surface area contributed by atoms with E-state index >= 15 is 0 Å². The molecule has 96 valence electrons. The van der Waals surface area contributed by atoms with E-state index < -0.39 is 6.61 Å². The number of alkyl halides is 2. The number of hydrogen-bond acceptors (Lipinski definition) is 4. The molecule has 2 aromatic rings. The molecule has 3 nitrogen and oxygen atoms in total. The van der Waals surface area contributed by atoms with Crippen LogP contribution in [-0.2, 0) is 0 Å². The molecular formula is C12H12F2N2OS. The summed E-state index contributed by atoms with van der Waals surface area (Å²) in [4.78, 5) is 4.19. The molecule has 0 aliphatic heterocycles. The minimum atomic E-state index is -2.81. The van der Waals surface area contributed by atoms with Crippen LogP contribution in [0.15, 0.2) is 35.2 Å². The fourth-order valence-electron chi connectivity index (χ4n) is 1.52. The quantitative estimate of drug-likeness (QED) is 0.894. The van der Waals surface area contributed by atoms with Gasteiger partial charge in [0.1, 0.15) is 5.75 Å². The third-order valence-corrected chi connectivity index (χ3v) is 2.94. The van der Waals surface area contributed by atoms with Crippen LogP contribution in [0, 0.1) is 0 Å². The van der Waals surface area contributed by atoms with Crippen molar-refractivity contribution in [3.63, 3.8) is 0 Å². The van der Waals surface area contributed by atoms with Crippen molar-refractivity contribution in [2.24, 2.45) is 0 Å². The highest BCUT2D eigenvalue weighted by molar-refractivity contribution is 7.07. The normalized spacial score (nSPS) is 12.4. The van der Waals surface area contributed by atoms with Gasteiger partial charge in [-0.15, -0.1) is 11.3 Å². The lowest BCUT2D eigenvalue weighted by Gasteiger charge is -2.14. The van der Waals surface area contributed by atoms with Crippen molar-refractivity contribution in [2.45, 2.75) is 19.6 Å². The summed E-state index contributed by atoms with van der Waals surface area (Å²) < 4.78 is 28.5. The standard InChI is InChI=1S/C12H12F2N2OS/c1-8(11-6-18-7-15-11)16-9-3-2-4-10(5-9)17-12(13)14/h2-8,12,16H,1H3. The molecule has 0 radical (unpaired) electrons. The fourth-order valence-corrected chi connectivity index (χ4v) is 2.17. The Morgan fingerprint density at radius 2 is 2.22 bits per heavy atom. The largest absolute Gasteiger partial charge is 0.435 e. The van der Waals surface area contributed by atoms with Crippen molar-refractivity contribution in [3.05, 3.63) is 40.8 Å². The van der Waals surface area contributed by atoms with Crippen molar-refractivity contribution >= 4 is 17.0 Å². The Morgan fingerprint density at radius 3 is 2.89 bits per heavy atom. The van der Waals surface area contributed by atoms with Crippen LogP contribution in [0.1, 0.15) is 18.7 Å². The third kappa shape index (κ3) is 3.40. The molecule has 0 amide bonds. The Morgan fingerprint density at radius 1 is 1.39 bits per heavy atom.